The molecule has 0 spiro atoms. The summed E-state index contributed by atoms with van der Waals surface area (Å²) in [7, 11) is 0. The Balaban J connectivity index is 2.22. The number of fused-ring (bicyclic) bond motifs is 3. The van der Waals surface area contributed by atoms with Gasteiger partial charge >= 0.3 is 0 Å². The third-order valence-electron chi connectivity index (χ3n) is 4.05. The Hall–Kier alpha value is -3.05. The number of aryl methyl sites for hydroxylation is 1. The molecule has 3 aromatic carbocycles. The normalized spacial score (nSPS) is 10.9. The molecule has 0 unspecified atom stereocenters. The summed E-state index contributed by atoms with van der Waals surface area (Å²) in [5.74, 6) is 0. The van der Waals surface area contributed by atoms with Crippen LogP contribution in [0.5, 0.6) is 0 Å². The van der Waals surface area contributed by atoms with Gasteiger partial charge in [0, 0.05) is 22.0 Å². The quantitative estimate of drug-likeness (QED) is 0.399. The molecule has 104 valence electrons. The fourth-order valence-electron chi connectivity index (χ4n) is 3.05. The highest BCUT2D eigenvalue weighted by Gasteiger charge is 2.12. The maximum absolute atomic E-state index is 7.28. The van der Waals surface area contributed by atoms with E-state index in [-0.39, 0.29) is 0 Å². The Morgan fingerprint density at radius 3 is 2.41 bits per heavy atom. The van der Waals surface area contributed by atoms with Gasteiger partial charge in [-0.1, -0.05) is 42.0 Å². The van der Waals surface area contributed by atoms with E-state index in [4.69, 9.17) is 6.57 Å². The van der Waals surface area contributed by atoms with Crippen molar-refractivity contribution in [2.45, 2.75) is 6.92 Å². The monoisotopic (exact) mass is 282 g/mol. The first kappa shape index (κ1) is 12.7. The molecule has 2 nitrogen and oxygen atoms in total. The highest BCUT2D eigenvalue weighted by molar-refractivity contribution is 6.10. The van der Waals surface area contributed by atoms with Crippen molar-refractivity contribution in [1.29, 1.82) is 0 Å². The Morgan fingerprint density at radius 1 is 0.818 bits per heavy atom. The minimum atomic E-state index is 0.671. The highest BCUT2D eigenvalue weighted by Crippen LogP contribution is 2.34. The zero-order valence-electron chi connectivity index (χ0n) is 12.2. The molecule has 0 fully saturated rings. The average molecular weight is 282 g/mol. The molecule has 22 heavy (non-hydrogen) atoms. The number of rotatable bonds is 1. The molecule has 0 aliphatic carbocycles. The van der Waals surface area contributed by atoms with Crippen LogP contribution in [0.4, 0.5) is 5.69 Å². The van der Waals surface area contributed by atoms with Gasteiger partial charge in [0.2, 0.25) is 0 Å². The van der Waals surface area contributed by atoms with Gasteiger partial charge in [0.15, 0.2) is 5.69 Å². The van der Waals surface area contributed by atoms with Crippen LogP contribution in [0.2, 0.25) is 0 Å². The van der Waals surface area contributed by atoms with Crippen LogP contribution in [0.3, 0.4) is 0 Å². The van der Waals surface area contributed by atoms with Gasteiger partial charge in [-0.15, -0.1) is 0 Å². The van der Waals surface area contributed by atoms with Crippen LogP contribution in [0.25, 0.3) is 32.3 Å². The standard InChI is InChI=1S/C20H14N2/c1-14-8-11-19-18(12-14)17-10-9-15(21-2)13-20(17)22(19)16-6-4-3-5-7-16/h3-13H,1H3. The molecule has 1 aromatic heterocycles. The summed E-state index contributed by atoms with van der Waals surface area (Å²) < 4.78 is 2.23. The molecule has 0 N–H and O–H groups in total. The van der Waals surface area contributed by atoms with E-state index in [0.717, 1.165) is 11.2 Å². The lowest BCUT2D eigenvalue weighted by molar-refractivity contribution is 1.18. The van der Waals surface area contributed by atoms with Crippen molar-refractivity contribution in [2.75, 3.05) is 0 Å². The fraction of sp³-hybridized carbons (Fsp3) is 0.0500. The third-order valence-corrected chi connectivity index (χ3v) is 4.05. The van der Waals surface area contributed by atoms with Crippen LogP contribution >= 0.6 is 0 Å². The largest absolute Gasteiger partial charge is 0.311 e. The first-order valence-electron chi connectivity index (χ1n) is 7.25. The van der Waals surface area contributed by atoms with Crippen molar-refractivity contribution < 1.29 is 0 Å². The zero-order chi connectivity index (χ0) is 15.1. The van der Waals surface area contributed by atoms with Crippen molar-refractivity contribution in [2.24, 2.45) is 0 Å². The lowest BCUT2D eigenvalue weighted by atomic mass is 10.1. The second-order valence-electron chi connectivity index (χ2n) is 5.50. The number of para-hydroxylation sites is 1. The SMILES string of the molecule is [C-]#[N+]c1ccc2c3cc(C)ccc3n(-c3ccccc3)c2c1. The average Bonchev–Trinajstić information content (AvgIpc) is 2.88. The summed E-state index contributed by atoms with van der Waals surface area (Å²) in [6.45, 7) is 9.39. The second kappa shape index (κ2) is 4.75. The second-order valence-corrected chi connectivity index (χ2v) is 5.50. The van der Waals surface area contributed by atoms with Gasteiger partial charge in [0.1, 0.15) is 0 Å². The van der Waals surface area contributed by atoms with Crippen molar-refractivity contribution in [3.63, 3.8) is 0 Å². The van der Waals surface area contributed by atoms with Crippen molar-refractivity contribution in [3.05, 3.63) is 83.7 Å². The predicted octanol–water partition coefficient (Wildman–Crippen LogP) is 5.64. The summed E-state index contributed by atoms with van der Waals surface area (Å²) in [4.78, 5) is 3.58. The molecule has 2 heteroatoms. The van der Waals surface area contributed by atoms with Crippen LogP contribution in [-0.2, 0) is 0 Å². The molecule has 0 aliphatic heterocycles. The number of benzene rings is 3. The zero-order valence-corrected chi connectivity index (χ0v) is 12.2. The molecule has 0 radical (unpaired) electrons. The molecule has 0 saturated heterocycles. The van der Waals surface area contributed by atoms with E-state index >= 15 is 0 Å². The summed E-state index contributed by atoms with van der Waals surface area (Å²) in [5, 5.41) is 2.42. The first-order valence-corrected chi connectivity index (χ1v) is 7.25. The Bertz CT molecular complexity index is 1030. The summed E-state index contributed by atoms with van der Waals surface area (Å²) in [6.07, 6.45) is 0. The van der Waals surface area contributed by atoms with Crippen molar-refractivity contribution in [3.8, 4) is 5.69 Å². The lowest BCUT2D eigenvalue weighted by Crippen LogP contribution is -1.92. The highest BCUT2D eigenvalue weighted by atomic mass is 15.0. The Morgan fingerprint density at radius 2 is 1.64 bits per heavy atom. The number of aromatic nitrogens is 1. The summed E-state index contributed by atoms with van der Waals surface area (Å²) in [6, 6.07) is 22.7. The number of nitrogens with zero attached hydrogens (tertiary/aromatic N) is 2. The molecule has 1 heterocycles. The molecule has 0 saturated carbocycles. The van der Waals surface area contributed by atoms with Crippen molar-refractivity contribution >= 4 is 27.5 Å². The van der Waals surface area contributed by atoms with Gasteiger partial charge < -0.3 is 4.57 Å². The molecule has 0 bridgehead atoms. The molecule has 0 atom stereocenters. The van der Waals surface area contributed by atoms with Crippen LogP contribution in [0.1, 0.15) is 5.56 Å². The van der Waals surface area contributed by atoms with Gasteiger partial charge in [-0.25, -0.2) is 4.85 Å². The molecule has 0 aliphatic rings. The van der Waals surface area contributed by atoms with Gasteiger partial charge in [-0.05, 0) is 37.3 Å². The molecule has 4 aromatic rings. The number of hydrogen-bond donors (Lipinski definition) is 0. The van der Waals surface area contributed by atoms with E-state index in [1.807, 2.05) is 30.3 Å². The smallest absolute Gasteiger partial charge is 0.189 e. The van der Waals surface area contributed by atoms with Crippen LogP contribution in [0, 0.1) is 13.5 Å². The molecule has 4 rings (SSSR count). The molecular formula is C20H14N2. The predicted molar refractivity (Wildman–Crippen MR) is 91.8 cm³/mol. The Labute approximate surface area is 129 Å². The minimum Gasteiger partial charge on any atom is -0.311 e. The van der Waals surface area contributed by atoms with E-state index in [2.05, 4.69) is 52.7 Å². The third kappa shape index (κ3) is 1.80. The topological polar surface area (TPSA) is 9.29 Å². The van der Waals surface area contributed by atoms with Gasteiger partial charge in [0.05, 0.1) is 12.1 Å². The first-order chi connectivity index (χ1) is 10.8. The summed E-state index contributed by atoms with van der Waals surface area (Å²) in [5.41, 5.74) is 5.29. The Kier molecular flexibility index (Phi) is 2.74. The van der Waals surface area contributed by atoms with E-state index in [1.165, 1.54) is 21.9 Å². The van der Waals surface area contributed by atoms with E-state index in [0.29, 0.717) is 5.69 Å². The molecular weight excluding hydrogens is 268 g/mol. The van der Waals surface area contributed by atoms with Gasteiger partial charge in [-0.3, -0.25) is 0 Å². The van der Waals surface area contributed by atoms with Crippen LogP contribution in [-0.4, -0.2) is 4.57 Å². The summed E-state index contributed by atoms with van der Waals surface area (Å²) >= 11 is 0. The van der Waals surface area contributed by atoms with Gasteiger partial charge in [-0.2, -0.15) is 0 Å². The van der Waals surface area contributed by atoms with E-state index in [1.54, 1.807) is 0 Å². The van der Waals surface area contributed by atoms with E-state index in [9.17, 15) is 0 Å². The minimum absolute atomic E-state index is 0.671. The van der Waals surface area contributed by atoms with Crippen molar-refractivity contribution in [1.82, 2.24) is 4.57 Å². The maximum atomic E-state index is 7.28. The van der Waals surface area contributed by atoms with Crippen LogP contribution < -0.4 is 0 Å². The fourth-order valence-corrected chi connectivity index (χ4v) is 3.05. The van der Waals surface area contributed by atoms with E-state index < -0.39 is 0 Å². The lowest BCUT2D eigenvalue weighted by Gasteiger charge is -2.07. The van der Waals surface area contributed by atoms with Gasteiger partial charge in [0.25, 0.3) is 0 Å². The maximum Gasteiger partial charge on any atom is 0.189 e. The van der Waals surface area contributed by atoms with Crippen LogP contribution in [0.15, 0.2) is 66.7 Å². The number of hydrogen-bond acceptors (Lipinski definition) is 0. The molecule has 0 amide bonds.